The molecule has 0 spiro atoms. The lowest BCUT2D eigenvalue weighted by molar-refractivity contribution is -0.310. The van der Waals surface area contributed by atoms with E-state index in [0.717, 1.165) is 15.5 Å². The Morgan fingerprint density at radius 3 is 2.36 bits per heavy atom. The second kappa shape index (κ2) is 8.75. The molecule has 170 valence electrons. The molecule has 0 saturated carbocycles. The van der Waals surface area contributed by atoms with Gasteiger partial charge in [0.25, 0.3) is 5.56 Å². The van der Waals surface area contributed by atoms with Crippen molar-refractivity contribution in [2.45, 2.75) is 31.5 Å². The van der Waals surface area contributed by atoms with Gasteiger partial charge in [-0.3, -0.25) is 9.59 Å². The molecule has 2 aromatic carbocycles. The molecule has 0 unspecified atom stereocenters. The highest BCUT2D eigenvalue weighted by Crippen LogP contribution is 2.22. The van der Waals surface area contributed by atoms with E-state index in [4.69, 9.17) is 0 Å². The fourth-order valence-electron chi connectivity index (χ4n) is 3.90. The molecule has 0 bridgehead atoms. The summed E-state index contributed by atoms with van der Waals surface area (Å²) in [5.74, 6) is -2.61. The standard InChI is InChI=1S/C23H22N4O6/c1-12(28)19(22(31)32)26-20(29)18(10-13-11-24-16-8-4-2-6-14(13)16)27-21(30)15-7-3-5-9-17(15)25-23(27)33/h2-9,11-12,18-19,24,28H,10H2,1H3,(H,25,33)(H,26,29)(H,31,32)/p-1/t12-,18+,19-/m0/s1. The zero-order chi connectivity index (χ0) is 23.7. The maximum Gasteiger partial charge on any atom is 0.329 e. The maximum atomic E-state index is 13.2. The smallest absolute Gasteiger partial charge is 0.329 e. The van der Waals surface area contributed by atoms with Crippen molar-refractivity contribution in [1.82, 2.24) is 19.9 Å². The van der Waals surface area contributed by atoms with Gasteiger partial charge in [-0.15, -0.1) is 0 Å². The summed E-state index contributed by atoms with van der Waals surface area (Å²) < 4.78 is 0.772. The molecule has 33 heavy (non-hydrogen) atoms. The summed E-state index contributed by atoms with van der Waals surface area (Å²) in [6.07, 6.45) is 0.117. The van der Waals surface area contributed by atoms with Crippen molar-refractivity contribution in [3.05, 3.63) is 81.1 Å². The molecule has 0 fully saturated rings. The molecule has 3 atom stereocenters. The molecule has 10 heteroatoms. The van der Waals surface area contributed by atoms with Crippen LogP contribution in [0, 0.1) is 0 Å². The SMILES string of the molecule is C[C@H](O)[C@H](NC(=O)[C@@H](Cc1c[nH]c2ccccc12)n1c(=O)[nH]c2ccccc2c1=O)C(=O)[O-]. The number of fused-ring (bicyclic) bond motifs is 2. The number of rotatable bonds is 7. The van der Waals surface area contributed by atoms with E-state index in [-0.39, 0.29) is 11.8 Å². The van der Waals surface area contributed by atoms with Crippen LogP contribution in [0.25, 0.3) is 21.8 Å². The van der Waals surface area contributed by atoms with Crippen LogP contribution in [0.5, 0.6) is 0 Å². The van der Waals surface area contributed by atoms with Crippen molar-refractivity contribution in [3.8, 4) is 0 Å². The summed E-state index contributed by atoms with van der Waals surface area (Å²) in [6.45, 7) is 1.18. The number of aliphatic carboxylic acids is 1. The number of carboxylic acid groups (broad SMARTS) is 1. The lowest BCUT2D eigenvalue weighted by Crippen LogP contribution is -2.56. The summed E-state index contributed by atoms with van der Waals surface area (Å²) in [4.78, 5) is 56.4. The number of aromatic nitrogens is 3. The number of aliphatic hydroxyl groups is 1. The van der Waals surface area contributed by atoms with E-state index in [0.29, 0.717) is 11.1 Å². The zero-order valence-corrected chi connectivity index (χ0v) is 17.6. The number of para-hydroxylation sites is 2. The van der Waals surface area contributed by atoms with E-state index >= 15 is 0 Å². The van der Waals surface area contributed by atoms with E-state index in [1.54, 1.807) is 24.4 Å². The van der Waals surface area contributed by atoms with Crippen LogP contribution >= 0.6 is 0 Å². The van der Waals surface area contributed by atoms with Crippen LogP contribution in [-0.4, -0.2) is 43.7 Å². The molecule has 0 aliphatic carbocycles. The highest BCUT2D eigenvalue weighted by molar-refractivity contribution is 5.88. The number of amides is 1. The van der Waals surface area contributed by atoms with E-state index in [2.05, 4.69) is 15.3 Å². The van der Waals surface area contributed by atoms with Crippen LogP contribution in [-0.2, 0) is 16.0 Å². The lowest BCUT2D eigenvalue weighted by atomic mass is 10.0. The molecule has 4 rings (SSSR count). The van der Waals surface area contributed by atoms with Gasteiger partial charge in [0.2, 0.25) is 5.91 Å². The van der Waals surface area contributed by atoms with Gasteiger partial charge >= 0.3 is 5.69 Å². The van der Waals surface area contributed by atoms with E-state index < -0.39 is 41.3 Å². The average Bonchev–Trinajstić information content (AvgIpc) is 3.19. The summed E-state index contributed by atoms with van der Waals surface area (Å²) in [6, 6.07) is 10.5. The van der Waals surface area contributed by atoms with Gasteiger partial charge in [-0.05, 0) is 30.7 Å². The van der Waals surface area contributed by atoms with Gasteiger partial charge in [-0.1, -0.05) is 30.3 Å². The molecule has 1 amide bonds. The van der Waals surface area contributed by atoms with E-state index in [1.807, 2.05) is 24.3 Å². The number of carbonyl (C=O) groups is 2. The normalized spacial score (nSPS) is 14.1. The second-order valence-electron chi connectivity index (χ2n) is 7.78. The topological polar surface area (TPSA) is 160 Å². The average molecular weight is 449 g/mol. The van der Waals surface area contributed by atoms with Gasteiger partial charge in [-0.25, -0.2) is 9.36 Å². The van der Waals surface area contributed by atoms with Crippen molar-refractivity contribution in [1.29, 1.82) is 0 Å². The van der Waals surface area contributed by atoms with E-state index in [1.165, 1.54) is 13.0 Å². The molecule has 0 radical (unpaired) electrons. The van der Waals surface area contributed by atoms with Crippen LogP contribution in [0.4, 0.5) is 0 Å². The van der Waals surface area contributed by atoms with Crippen molar-refractivity contribution < 1.29 is 19.8 Å². The highest BCUT2D eigenvalue weighted by atomic mass is 16.4. The number of aliphatic hydroxyl groups excluding tert-OH is 1. The Morgan fingerprint density at radius 2 is 1.70 bits per heavy atom. The molecule has 10 nitrogen and oxygen atoms in total. The van der Waals surface area contributed by atoms with Crippen LogP contribution in [0.2, 0.25) is 0 Å². The number of carboxylic acids is 1. The first-order chi connectivity index (χ1) is 15.8. The van der Waals surface area contributed by atoms with Gasteiger partial charge in [0.1, 0.15) is 6.04 Å². The predicted molar refractivity (Wildman–Crippen MR) is 118 cm³/mol. The molecule has 2 aromatic heterocycles. The first kappa shape index (κ1) is 22.0. The van der Waals surface area contributed by atoms with Gasteiger partial charge in [0.05, 0.1) is 29.0 Å². The quantitative estimate of drug-likeness (QED) is 0.299. The zero-order valence-electron chi connectivity index (χ0n) is 17.6. The minimum atomic E-state index is -1.72. The monoisotopic (exact) mass is 449 g/mol. The molecule has 4 aromatic rings. The Labute approximate surface area is 186 Å². The van der Waals surface area contributed by atoms with Gasteiger partial charge < -0.3 is 30.3 Å². The third-order valence-electron chi connectivity index (χ3n) is 5.57. The third-order valence-corrected chi connectivity index (χ3v) is 5.57. The molecular formula is C23H21N4O6-. The third kappa shape index (κ3) is 4.15. The first-order valence-corrected chi connectivity index (χ1v) is 10.3. The second-order valence-corrected chi connectivity index (χ2v) is 7.78. The Kier molecular flexibility index (Phi) is 5.84. The number of nitrogens with one attached hydrogen (secondary N) is 3. The van der Waals surface area contributed by atoms with E-state index in [9.17, 15) is 29.4 Å². The molecule has 0 saturated heterocycles. The summed E-state index contributed by atoms with van der Waals surface area (Å²) in [7, 11) is 0. The Bertz CT molecular complexity index is 1470. The predicted octanol–water partition coefficient (Wildman–Crippen LogP) is -0.430. The van der Waals surface area contributed by atoms with Crippen LogP contribution in [0.1, 0.15) is 18.5 Å². The number of hydrogen-bond acceptors (Lipinski definition) is 6. The minimum absolute atomic E-state index is 0.0866. The number of nitrogens with zero attached hydrogens (tertiary/aromatic N) is 1. The number of carbonyl (C=O) groups excluding carboxylic acids is 2. The number of hydrogen-bond donors (Lipinski definition) is 4. The molecule has 2 heterocycles. The molecule has 4 N–H and O–H groups in total. The largest absolute Gasteiger partial charge is 0.548 e. The summed E-state index contributed by atoms with van der Waals surface area (Å²) in [5, 5.41) is 24.3. The number of benzene rings is 2. The van der Waals surface area contributed by atoms with Gasteiger partial charge in [-0.2, -0.15) is 0 Å². The fraction of sp³-hybridized carbons (Fsp3) is 0.217. The van der Waals surface area contributed by atoms with Crippen molar-refractivity contribution in [2.75, 3.05) is 0 Å². The fourth-order valence-corrected chi connectivity index (χ4v) is 3.90. The summed E-state index contributed by atoms with van der Waals surface area (Å²) in [5.41, 5.74) is 0.235. The van der Waals surface area contributed by atoms with Crippen molar-refractivity contribution in [3.63, 3.8) is 0 Å². The minimum Gasteiger partial charge on any atom is -0.548 e. The Morgan fingerprint density at radius 1 is 1.06 bits per heavy atom. The number of aromatic amines is 2. The molecule has 0 aliphatic heterocycles. The number of H-pyrrole nitrogens is 2. The highest BCUT2D eigenvalue weighted by Gasteiger charge is 2.29. The van der Waals surface area contributed by atoms with Crippen LogP contribution < -0.4 is 21.7 Å². The first-order valence-electron chi connectivity index (χ1n) is 10.3. The summed E-state index contributed by atoms with van der Waals surface area (Å²) >= 11 is 0. The molecule has 0 aliphatic rings. The lowest BCUT2D eigenvalue weighted by Gasteiger charge is -2.26. The Balaban J connectivity index is 1.85. The van der Waals surface area contributed by atoms with Gasteiger partial charge in [0, 0.05) is 23.5 Å². The van der Waals surface area contributed by atoms with Crippen LogP contribution in [0.15, 0.2) is 64.3 Å². The van der Waals surface area contributed by atoms with Gasteiger partial charge in [0.15, 0.2) is 0 Å². The Hall–Kier alpha value is -4.18. The molecular weight excluding hydrogens is 428 g/mol. The van der Waals surface area contributed by atoms with Crippen molar-refractivity contribution in [2.24, 2.45) is 0 Å². The van der Waals surface area contributed by atoms with Crippen molar-refractivity contribution >= 4 is 33.7 Å². The maximum absolute atomic E-state index is 13.2. The van der Waals surface area contributed by atoms with Crippen LogP contribution in [0.3, 0.4) is 0 Å².